The number of ether oxygens (including phenoxy) is 3. The Morgan fingerprint density at radius 3 is 0.847 bits per heavy atom. The highest BCUT2D eigenvalue weighted by atomic mass is 16.5. The van der Waals surface area contributed by atoms with Crippen LogP contribution < -0.4 is 66.9 Å². The van der Waals surface area contributed by atoms with E-state index in [-0.39, 0.29) is 153 Å². The molecule has 0 unspecified atom stereocenters. The lowest BCUT2D eigenvalue weighted by Crippen LogP contribution is -2.26. The average molecular weight is 801 g/mol. The number of fused-ring (bicyclic) bond motifs is 6. The fraction of sp³-hybridized carbons (Fsp3) is 0.238. The predicted molar refractivity (Wildman–Crippen MR) is 228 cm³/mol. The smallest absolute Gasteiger partial charge is 0.263 e. The third kappa shape index (κ3) is 5.97. The van der Waals surface area contributed by atoms with Crippen LogP contribution >= 0.6 is 0 Å². The Balaban J connectivity index is 0.814. The van der Waals surface area contributed by atoms with Crippen LogP contribution in [0.25, 0.3) is 64.6 Å². The standard InChI is InChI=1S/C42H36N6O11/c43-31-23-24(36(50)20-8-2-1-7-19(20)35(23)49)32(44)28-27(31)39(53)47(40(28)54)11-5-13-57-15-17-59-18-16-58-14-6-12-48-41(55)29-30(42(48)56)34(46)26-25(33(29)45)37(51)21-9-3-4-10-22(21)38(26)52/h1-4,7-10H,5-6,11-18,43-46H2. The molecule has 17 nitrogen and oxygen atoms in total. The van der Waals surface area contributed by atoms with Crippen molar-refractivity contribution in [1.29, 1.82) is 0 Å². The van der Waals surface area contributed by atoms with E-state index in [0.717, 1.165) is 9.13 Å². The molecule has 17 heteroatoms. The summed E-state index contributed by atoms with van der Waals surface area (Å²) in [6.45, 7) is 1.16. The number of nitrogens with two attached hydrogens (primary N) is 4. The fourth-order valence-electron chi connectivity index (χ4n) is 8.03. The number of rotatable bonds is 14. The molecule has 0 bridgehead atoms. The second-order valence-corrected chi connectivity index (χ2v) is 14.1. The highest BCUT2D eigenvalue weighted by Crippen LogP contribution is 2.33. The zero-order valence-electron chi connectivity index (χ0n) is 31.4. The largest absolute Gasteiger partial charge is 0.397 e. The molecule has 0 saturated carbocycles. The summed E-state index contributed by atoms with van der Waals surface area (Å²) >= 11 is 0. The first kappa shape index (κ1) is 38.8. The summed E-state index contributed by atoms with van der Waals surface area (Å²) in [6, 6.07) is 12.4. The minimum atomic E-state index is -0.710. The molecule has 0 saturated heterocycles. The van der Waals surface area contributed by atoms with Crippen LogP contribution in [0.3, 0.4) is 0 Å². The topological polar surface area (TPSA) is 278 Å². The number of aromatic nitrogens is 2. The molecule has 2 aromatic heterocycles. The number of hydrogen-bond acceptors (Lipinski definition) is 15. The molecule has 2 heterocycles. The summed E-state index contributed by atoms with van der Waals surface area (Å²) in [5, 5.41) is -0.896. The highest BCUT2D eigenvalue weighted by molar-refractivity contribution is 6.22. The van der Waals surface area contributed by atoms with Crippen LogP contribution in [0, 0.1) is 0 Å². The van der Waals surface area contributed by atoms with Gasteiger partial charge in [0.25, 0.3) is 22.2 Å². The summed E-state index contributed by atoms with van der Waals surface area (Å²) < 4.78 is 18.6. The predicted octanol–water partition coefficient (Wildman–Crippen LogP) is 0.701. The van der Waals surface area contributed by atoms with Gasteiger partial charge in [-0.3, -0.25) is 47.5 Å². The molecular formula is C42H36N6O11. The van der Waals surface area contributed by atoms with Gasteiger partial charge in [-0.2, -0.15) is 0 Å². The van der Waals surface area contributed by atoms with Crippen molar-refractivity contribution in [3.8, 4) is 0 Å². The van der Waals surface area contributed by atoms with Crippen molar-refractivity contribution in [2.24, 2.45) is 0 Å². The lowest BCUT2D eigenvalue weighted by Gasteiger charge is -2.07. The van der Waals surface area contributed by atoms with Crippen molar-refractivity contribution in [3.63, 3.8) is 0 Å². The highest BCUT2D eigenvalue weighted by Gasteiger charge is 2.27. The lowest BCUT2D eigenvalue weighted by atomic mass is 9.97. The van der Waals surface area contributed by atoms with Gasteiger partial charge >= 0.3 is 0 Å². The Morgan fingerprint density at radius 1 is 0.356 bits per heavy atom. The molecule has 0 fully saturated rings. The van der Waals surface area contributed by atoms with E-state index in [1.165, 1.54) is 24.3 Å². The molecule has 0 spiro atoms. The maximum Gasteiger partial charge on any atom is 0.263 e. The Morgan fingerprint density at radius 2 is 0.593 bits per heavy atom. The first-order valence-electron chi connectivity index (χ1n) is 18.7. The van der Waals surface area contributed by atoms with Crippen molar-refractivity contribution in [1.82, 2.24) is 9.13 Å². The zero-order chi connectivity index (χ0) is 41.9. The van der Waals surface area contributed by atoms with Crippen LogP contribution in [-0.4, -0.2) is 48.8 Å². The van der Waals surface area contributed by atoms with Crippen LogP contribution in [0.2, 0.25) is 0 Å². The second-order valence-electron chi connectivity index (χ2n) is 14.1. The van der Waals surface area contributed by atoms with Gasteiger partial charge in [0.1, 0.15) is 0 Å². The molecule has 8 rings (SSSR count). The molecule has 0 radical (unpaired) electrons. The van der Waals surface area contributed by atoms with E-state index in [9.17, 15) is 38.4 Å². The normalized spacial score (nSPS) is 12.1. The van der Waals surface area contributed by atoms with E-state index in [2.05, 4.69) is 0 Å². The zero-order valence-corrected chi connectivity index (χ0v) is 31.4. The van der Waals surface area contributed by atoms with Gasteiger partial charge in [-0.1, -0.05) is 48.5 Å². The number of anilines is 4. The van der Waals surface area contributed by atoms with Gasteiger partial charge in [-0.25, -0.2) is 0 Å². The van der Waals surface area contributed by atoms with Crippen molar-refractivity contribution in [2.75, 3.05) is 62.6 Å². The molecule has 8 aromatic rings. The van der Waals surface area contributed by atoms with Crippen molar-refractivity contribution in [2.45, 2.75) is 25.9 Å². The summed E-state index contributed by atoms with van der Waals surface area (Å²) in [5.74, 6) is 0. The van der Waals surface area contributed by atoms with Crippen molar-refractivity contribution >= 4 is 87.4 Å². The number of nitrogen functional groups attached to an aromatic ring is 4. The average Bonchev–Trinajstić information content (AvgIpc) is 3.64. The molecular weight excluding hydrogens is 764 g/mol. The molecule has 0 aliphatic carbocycles. The first-order valence-corrected chi connectivity index (χ1v) is 18.7. The second kappa shape index (κ2) is 15.0. The Kier molecular flexibility index (Phi) is 9.87. The minimum absolute atomic E-state index is 0.0234. The van der Waals surface area contributed by atoms with Gasteiger partial charge in [0.05, 0.1) is 92.3 Å². The quantitative estimate of drug-likeness (QED) is 0.0510. The Hall–Kier alpha value is -7.08. The summed E-state index contributed by atoms with van der Waals surface area (Å²) in [5.41, 5.74) is 19.1. The Labute approximate surface area is 329 Å². The van der Waals surface area contributed by atoms with Crippen molar-refractivity contribution < 1.29 is 14.2 Å². The first-order chi connectivity index (χ1) is 28.4. The molecule has 59 heavy (non-hydrogen) atoms. The minimum Gasteiger partial charge on any atom is -0.397 e. The van der Waals surface area contributed by atoms with Gasteiger partial charge in [-0.15, -0.1) is 0 Å². The van der Waals surface area contributed by atoms with Crippen LogP contribution in [0.5, 0.6) is 0 Å². The maximum absolute atomic E-state index is 13.3. The van der Waals surface area contributed by atoms with Gasteiger partial charge in [0, 0.05) is 47.8 Å². The van der Waals surface area contributed by atoms with Gasteiger partial charge < -0.3 is 37.1 Å². The molecule has 8 N–H and O–H groups in total. The third-order valence-corrected chi connectivity index (χ3v) is 10.8. The van der Waals surface area contributed by atoms with Crippen LogP contribution in [0.4, 0.5) is 22.7 Å². The fourth-order valence-corrected chi connectivity index (χ4v) is 8.03. The lowest BCUT2D eigenvalue weighted by molar-refractivity contribution is 0.0128. The number of hydrogen-bond donors (Lipinski definition) is 4. The molecule has 6 aromatic carbocycles. The van der Waals surface area contributed by atoms with E-state index < -0.39 is 44.0 Å². The van der Waals surface area contributed by atoms with Crippen LogP contribution in [-0.2, 0) is 27.3 Å². The van der Waals surface area contributed by atoms with Crippen LogP contribution in [0.1, 0.15) is 12.8 Å². The summed E-state index contributed by atoms with van der Waals surface area (Å²) in [4.78, 5) is 107. The monoisotopic (exact) mass is 800 g/mol. The van der Waals surface area contributed by atoms with Gasteiger partial charge in [-0.05, 0) is 12.8 Å². The number of nitrogens with zero attached hydrogens (tertiary/aromatic N) is 2. The van der Waals surface area contributed by atoms with E-state index in [0.29, 0.717) is 0 Å². The number of benzene rings is 6. The van der Waals surface area contributed by atoms with Crippen LogP contribution in [0.15, 0.2) is 86.9 Å². The molecule has 300 valence electrons. The van der Waals surface area contributed by atoms with Gasteiger partial charge in [0.15, 0.2) is 21.7 Å². The molecule has 0 atom stereocenters. The maximum atomic E-state index is 13.3. The van der Waals surface area contributed by atoms with Crippen molar-refractivity contribution in [3.05, 3.63) is 131 Å². The molecule has 0 amide bonds. The van der Waals surface area contributed by atoms with Gasteiger partial charge in [0.2, 0.25) is 0 Å². The molecule has 0 aliphatic heterocycles. The SMILES string of the molecule is Nc1c2c(=O)c3ccccc3c(=O)c2c(N)c2c(=O)n(CCCOCCOCCOCCCn3c(=O)c4c(N)c5c(=O)c6ccccc6c(=O)c5c(N)c4c3=O)c(=O)c12. The summed E-state index contributed by atoms with van der Waals surface area (Å²) in [7, 11) is 0. The van der Waals surface area contributed by atoms with E-state index in [1.54, 1.807) is 24.3 Å². The third-order valence-electron chi connectivity index (χ3n) is 10.8. The summed E-state index contributed by atoms with van der Waals surface area (Å²) in [6.07, 6.45) is 0.549. The van der Waals surface area contributed by atoms with E-state index in [4.69, 9.17) is 37.1 Å². The molecule has 0 aliphatic rings. The Bertz CT molecular complexity index is 3060. The van der Waals surface area contributed by atoms with E-state index in [1.807, 2.05) is 0 Å². The van der Waals surface area contributed by atoms with E-state index >= 15 is 0 Å².